The van der Waals surface area contributed by atoms with Crippen LogP contribution in [0.3, 0.4) is 0 Å². The molecule has 0 radical (unpaired) electrons. The Morgan fingerprint density at radius 1 is 1.26 bits per heavy atom. The van der Waals surface area contributed by atoms with E-state index in [9.17, 15) is 4.79 Å². The fourth-order valence-electron chi connectivity index (χ4n) is 3.31. The molecule has 3 aromatic heterocycles. The molecule has 0 aromatic carbocycles. The number of hydrogen-bond acceptors (Lipinski definition) is 5. The predicted octanol–water partition coefficient (Wildman–Crippen LogP) is 3.52. The largest absolute Gasteiger partial charge is 0.336 e. The first-order valence-electron chi connectivity index (χ1n) is 8.99. The molecule has 3 aromatic rings. The lowest BCUT2D eigenvalue weighted by Crippen LogP contribution is -2.46. The number of halogens is 1. The van der Waals surface area contributed by atoms with Crippen LogP contribution in [0.5, 0.6) is 0 Å². The summed E-state index contributed by atoms with van der Waals surface area (Å²) in [5.41, 5.74) is 2.32. The van der Waals surface area contributed by atoms with Gasteiger partial charge >= 0.3 is 0 Å². The van der Waals surface area contributed by atoms with E-state index >= 15 is 0 Å². The van der Waals surface area contributed by atoms with E-state index in [-0.39, 0.29) is 24.4 Å². The van der Waals surface area contributed by atoms with E-state index in [2.05, 4.69) is 43.3 Å². The monoisotopic (exact) mass is 405 g/mol. The van der Waals surface area contributed by atoms with E-state index in [0.717, 1.165) is 47.8 Å². The quantitative estimate of drug-likeness (QED) is 0.724. The minimum Gasteiger partial charge on any atom is -0.336 e. The zero-order valence-electron chi connectivity index (χ0n) is 15.7. The predicted molar refractivity (Wildman–Crippen MR) is 112 cm³/mol. The number of carbonyl (C=O) groups is 1. The SMILES string of the molecule is Cc1ccc(-c2cc(C(=O)N3CCNCC3)c3cnn(C(C)C)c3n2)s1.Cl. The summed E-state index contributed by atoms with van der Waals surface area (Å²) in [5, 5.41) is 8.63. The van der Waals surface area contributed by atoms with Gasteiger partial charge in [-0.15, -0.1) is 23.7 Å². The Bertz CT molecular complexity index is 958. The zero-order valence-corrected chi connectivity index (χ0v) is 17.4. The molecule has 27 heavy (non-hydrogen) atoms. The van der Waals surface area contributed by atoms with Gasteiger partial charge in [0, 0.05) is 37.1 Å². The molecule has 1 aliphatic heterocycles. The maximum absolute atomic E-state index is 13.2. The Kier molecular flexibility index (Phi) is 5.83. The molecule has 6 nitrogen and oxygen atoms in total. The molecule has 0 aliphatic carbocycles. The van der Waals surface area contributed by atoms with Gasteiger partial charge in [0.15, 0.2) is 5.65 Å². The molecule has 0 unspecified atom stereocenters. The molecular formula is C19H24ClN5OS. The van der Waals surface area contributed by atoms with Crippen molar-refractivity contribution in [1.82, 2.24) is 25.0 Å². The Labute approximate surface area is 169 Å². The number of hydrogen-bond donors (Lipinski definition) is 1. The molecule has 1 fully saturated rings. The molecule has 0 bridgehead atoms. The van der Waals surface area contributed by atoms with Crippen molar-refractivity contribution in [3.63, 3.8) is 0 Å². The van der Waals surface area contributed by atoms with Gasteiger partial charge in [0.25, 0.3) is 5.91 Å². The van der Waals surface area contributed by atoms with Crippen LogP contribution in [0.4, 0.5) is 0 Å². The van der Waals surface area contributed by atoms with Gasteiger partial charge in [-0.25, -0.2) is 9.67 Å². The fourth-order valence-corrected chi connectivity index (χ4v) is 4.14. The topological polar surface area (TPSA) is 63.1 Å². The van der Waals surface area contributed by atoms with Crippen molar-refractivity contribution in [2.75, 3.05) is 26.2 Å². The van der Waals surface area contributed by atoms with Crippen LogP contribution in [0, 0.1) is 6.92 Å². The van der Waals surface area contributed by atoms with Crippen molar-refractivity contribution >= 4 is 40.7 Å². The van der Waals surface area contributed by atoms with Crippen molar-refractivity contribution in [3.8, 4) is 10.6 Å². The highest BCUT2D eigenvalue weighted by Crippen LogP contribution is 2.31. The highest BCUT2D eigenvalue weighted by molar-refractivity contribution is 7.15. The summed E-state index contributed by atoms with van der Waals surface area (Å²) in [4.78, 5) is 22.3. The third-order valence-electron chi connectivity index (χ3n) is 4.68. The molecule has 4 heterocycles. The van der Waals surface area contributed by atoms with Crippen LogP contribution in [0.15, 0.2) is 24.4 Å². The standard InChI is InChI=1S/C19H23N5OS.ClH/c1-12(2)24-18-15(11-21-24)14(19(25)23-8-6-20-7-9-23)10-16(22-18)17-5-4-13(3)26-17;/h4-5,10-12,20H,6-9H2,1-3H3;1H. The summed E-state index contributed by atoms with van der Waals surface area (Å²) >= 11 is 1.70. The molecule has 1 amide bonds. The number of fused-ring (bicyclic) bond motifs is 1. The molecule has 1 N–H and O–H groups in total. The van der Waals surface area contributed by atoms with Crippen molar-refractivity contribution < 1.29 is 4.79 Å². The Hall–Kier alpha value is -1.96. The average molecular weight is 406 g/mol. The van der Waals surface area contributed by atoms with Crippen LogP contribution >= 0.6 is 23.7 Å². The molecule has 4 rings (SSSR count). The number of carbonyl (C=O) groups excluding carboxylic acids is 1. The fraction of sp³-hybridized carbons (Fsp3) is 0.421. The first-order chi connectivity index (χ1) is 12.5. The number of pyridine rings is 1. The number of aryl methyl sites for hydroxylation is 1. The summed E-state index contributed by atoms with van der Waals surface area (Å²) < 4.78 is 1.90. The van der Waals surface area contributed by atoms with Crippen LogP contribution in [-0.4, -0.2) is 51.8 Å². The second-order valence-electron chi connectivity index (χ2n) is 6.93. The van der Waals surface area contributed by atoms with E-state index < -0.39 is 0 Å². The van der Waals surface area contributed by atoms with Crippen LogP contribution < -0.4 is 5.32 Å². The lowest BCUT2D eigenvalue weighted by Gasteiger charge is -2.27. The van der Waals surface area contributed by atoms with Gasteiger partial charge in [-0.1, -0.05) is 0 Å². The molecule has 8 heteroatoms. The van der Waals surface area contributed by atoms with Gasteiger partial charge in [0.1, 0.15) is 0 Å². The van der Waals surface area contributed by atoms with Crippen molar-refractivity contribution in [1.29, 1.82) is 0 Å². The highest BCUT2D eigenvalue weighted by Gasteiger charge is 2.23. The number of amides is 1. The number of rotatable bonds is 3. The second kappa shape index (κ2) is 7.96. The average Bonchev–Trinajstić information content (AvgIpc) is 3.27. The normalized spacial score (nSPS) is 14.6. The summed E-state index contributed by atoms with van der Waals surface area (Å²) in [6.07, 6.45) is 1.78. The van der Waals surface area contributed by atoms with Gasteiger partial charge < -0.3 is 10.2 Å². The van der Waals surface area contributed by atoms with Gasteiger partial charge in [-0.3, -0.25) is 4.79 Å². The molecular weight excluding hydrogens is 382 g/mol. The number of nitrogens with one attached hydrogen (secondary N) is 1. The Morgan fingerprint density at radius 2 is 2.00 bits per heavy atom. The van der Waals surface area contributed by atoms with Gasteiger partial charge in [0.05, 0.1) is 27.7 Å². The van der Waals surface area contributed by atoms with Gasteiger partial charge in [-0.2, -0.15) is 5.10 Å². The molecule has 0 spiro atoms. The minimum absolute atomic E-state index is 0. The summed E-state index contributed by atoms with van der Waals surface area (Å²) in [5.74, 6) is 0.0664. The van der Waals surface area contributed by atoms with Gasteiger partial charge in [0.2, 0.25) is 0 Å². The van der Waals surface area contributed by atoms with E-state index in [0.29, 0.717) is 5.56 Å². The van der Waals surface area contributed by atoms with E-state index in [4.69, 9.17) is 4.98 Å². The number of nitrogens with zero attached hydrogens (tertiary/aromatic N) is 4. The first kappa shape index (κ1) is 19.8. The molecule has 0 saturated carbocycles. The molecule has 144 valence electrons. The van der Waals surface area contributed by atoms with Crippen LogP contribution in [0.1, 0.15) is 35.1 Å². The third-order valence-corrected chi connectivity index (χ3v) is 5.71. The smallest absolute Gasteiger partial charge is 0.254 e. The second-order valence-corrected chi connectivity index (χ2v) is 8.22. The van der Waals surface area contributed by atoms with Crippen molar-refractivity contribution in [3.05, 3.63) is 34.8 Å². The van der Waals surface area contributed by atoms with Crippen molar-refractivity contribution in [2.24, 2.45) is 0 Å². The number of thiophene rings is 1. The third kappa shape index (κ3) is 3.72. The van der Waals surface area contributed by atoms with E-state index in [1.54, 1.807) is 17.5 Å². The Morgan fingerprint density at radius 3 is 2.63 bits per heavy atom. The minimum atomic E-state index is 0. The maximum atomic E-state index is 13.2. The molecule has 1 saturated heterocycles. The molecule has 0 atom stereocenters. The maximum Gasteiger partial charge on any atom is 0.254 e. The van der Waals surface area contributed by atoms with Crippen molar-refractivity contribution in [2.45, 2.75) is 26.8 Å². The van der Waals surface area contributed by atoms with Crippen LogP contribution in [0.2, 0.25) is 0 Å². The summed E-state index contributed by atoms with van der Waals surface area (Å²) in [6, 6.07) is 6.28. The van der Waals surface area contributed by atoms with Crippen LogP contribution in [0.25, 0.3) is 21.6 Å². The lowest BCUT2D eigenvalue weighted by atomic mass is 10.1. The van der Waals surface area contributed by atoms with E-state index in [1.807, 2.05) is 15.6 Å². The summed E-state index contributed by atoms with van der Waals surface area (Å²) in [7, 11) is 0. The first-order valence-corrected chi connectivity index (χ1v) is 9.81. The number of aromatic nitrogens is 3. The zero-order chi connectivity index (χ0) is 18.3. The Balaban J connectivity index is 0.00000210. The number of piperazine rings is 1. The summed E-state index contributed by atoms with van der Waals surface area (Å²) in [6.45, 7) is 9.37. The lowest BCUT2D eigenvalue weighted by molar-refractivity contribution is 0.0738. The molecule has 1 aliphatic rings. The highest BCUT2D eigenvalue weighted by atomic mass is 35.5. The van der Waals surface area contributed by atoms with E-state index in [1.165, 1.54) is 4.88 Å². The van der Waals surface area contributed by atoms with Gasteiger partial charge in [-0.05, 0) is 39.0 Å². The van der Waals surface area contributed by atoms with Crippen LogP contribution in [-0.2, 0) is 0 Å².